The molecule has 0 aliphatic carbocycles. The number of nitrogen functional groups attached to an aromatic ring is 1. The molecule has 3 N–H and O–H groups in total. The van der Waals surface area contributed by atoms with E-state index in [4.69, 9.17) is 10.2 Å². The van der Waals surface area contributed by atoms with Gasteiger partial charge in [0, 0.05) is 35.0 Å². The smallest absolute Gasteiger partial charge is 0.420 e. The highest BCUT2D eigenvalue weighted by atomic mass is 19.4. The number of fused-ring (bicyclic) bond motifs is 1. The van der Waals surface area contributed by atoms with Gasteiger partial charge in [-0.2, -0.15) is 13.2 Å². The molecule has 10 heteroatoms. The molecule has 0 spiro atoms. The highest BCUT2D eigenvalue weighted by Crippen LogP contribution is 2.39. The number of benzene rings is 1. The first-order valence-corrected chi connectivity index (χ1v) is 9.95. The number of pyridine rings is 2. The van der Waals surface area contributed by atoms with Crippen LogP contribution in [0.4, 0.5) is 19.0 Å². The van der Waals surface area contributed by atoms with Crippen molar-refractivity contribution in [1.82, 2.24) is 15.3 Å². The summed E-state index contributed by atoms with van der Waals surface area (Å²) in [5, 5.41) is 2.77. The maximum absolute atomic E-state index is 13.7. The summed E-state index contributed by atoms with van der Waals surface area (Å²) in [4.78, 5) is 30.9. The normalized spacial score (nSPS) is 11.7. The molecule has 0 unspecified atom stereocenters. The van der Waals surface area contributed by atoms with E-state index in [1.807, 2.05) is 0 Å². The molecular formula is C24H17F3N4O3. The lowest BCUT2D eigenvalue weighted by atomic mass is 10.0. The number of carbonyl (C=O) groups is 2. The number of rotatable bonds is 6. The summed E-state index contributed by atoms with van der Waals surface area (Å²) in [7, 11) is 0. The Hall–Kier alpha value is -4.47. The van der Waals surface area contributed by atoms with Gasteiger partial charge in [0.15, 0.2) is 6.29 Å². The van der Waals surface area contributed by atoms with Gasteiger partial charge in [0.1, 0.15) is 17.2 Å². The number of halogens is 3. The van der Waals surface area contributed by atoms with E-state index in [1.165, 1.54) is 48.8 Å². The number of nitrogens with one attached hydrogen (secondary N) is 1. The van der Waals surface area contributed by atoms with E-state index in [0.717, 1.165) is 6.07 Å². The highest BCUT2D eigenvalue weighted by molar-refractivity contribution is 5.92. The molecule has 34 heavy (non-hydrogen) atoms. The van der Waals surface area contributed by atoms with Gasteiger partial charge < -0.3 is 15.5 Å². The van der Waals surface area contributed by atoms with Gasteiger partial charge in [0.2, 0.25) is 5.91 Å². The largest absolute Gasteiger partial charge is 0.459 e. The van der Waals surface area contributed by atoms with Crippen LogP contribution in [0, 0.1) is 0 Å². The molecule has 3 aromatic heterocycles. The third-order valence-electron chi connectivity index (χ3n) is 4.86. The number of aromatic nitrogens is 2. The Balaban J connectivity index is 1.57. The van der Waals surface area contributed by atoms with Crippen LogP contribution in [0.2, 0.25) is 0 Å². The summed E-state index contributed by atoms with van der Waals surface area (Å²) in [5.74, 6) is 0.0351. The van der Waals surface area contributed by atoms with Crippen molar-refractivity contribution in [1.29, 1.82) is 0 Å². The second-order valence-electron chi connectivity index (χ2n) is 7.31. The fourth-order valence-corrected chi connectivity index (χ4v) is 3.22. The number of carbonyl (C=O) groups excluding carboxylic acids is 2. The summed E-state index contributed by atoms with van der Waals surface area (Å²) in [6.07, 6.45) is 1.49. The number of nitrogens with two attached hydrogens (primary N) is 1. The predicted molar refractivity (Wildman–Crippen MR) is 119 cm³/mol. The zero-order valence-corrected chi connectivity index (χ0v) is 17.5. The quantitative estimate of drug-likeness (QED) is 0.317. The van der Waals surface area contributed by atoms with Gasteiger partial charge in [-0.05, 0) is 54.1 Å². The first kappa shape index (κ1) is 22.7. The van der Waals surface area contributed by atoms with Gasteiger partial charge in [0.05, 0.1) is 17.8 Å². The SMILES string of the molecule is Nc1ccc(/C=C/C(=O)NCc2cc3cc(-c4ccc(C=O)cn4)cc(C(F)(F)F)c3o2)cn1. The fourth-order valence-electron chi connectivity index (χ4n) is 3.22. The van der Waals surface area contributed by atoms with Crippen LogP contribution >= 0.6 is 0 Å². The number of hydrogen-bond acceptors (Lipinski definition) is 6. The third-order valence-corrected chi connectivity index (χ3v) is 4.86. The zero-order valence-electron chi connectivity index (χ0n) is 17.5. The zero-order chi connectivity index (χ0) is 24.3. The second-order valence-corrected chi connectivity index (χ2v) is 7.31. The number of amides is 1. The number of anilines is 1. The summed E-state index contributed by atoms with van der Waals surface area (Å²) < 4.78 is 46.6. The molecule has 0 fully saturated rings. The summed E-state index contributed by atoms with van der Waals surface area (Å²) in [6.45, 7) is -0.114. The average Bonchev–Trinajstić information content (AvgIpc) is 3.24. The molecule has 4 rings (SSSR count). The lowest BCUT2D eigenvalue weighted by molar-refractivity contribution is -0.136. The van der Waals surface area contributed by atoms with Crippen molar-refractivity contribution < 1.29 is 27.2 Å². The van der Waals surface area contributed by atoms with E-state index in [-0.39, 0.29) is 34.5 Å². The van der Waals surface area contributed by atoms with Crippen LogP contribution in [0.1, 0.15) is 27.2 Å². The molecule has 0 aliphatic heterocycles. The van der Waals surface area contributed by atoms with Crippen molar-refractivity contribution in [3.8, 4) is 11.3 Å². The lowest BCUT2D eigenvalue weighted by Gasteiger charge is -2.10. The highest BCUT2D eigenvalue weighted by Gasteiger charge is 2.35. The molecule has 172 valence electrons. The van der Waals surface area contributed by atoms with Crippen LogP contribution in [0.15, 0.2) is 65.4 Å². The van der Waals surface area contributed by atoms with Crippen LogP contribution < -0.4 is 11.1 Å². The minimum absolute atomic E-state index is 0.114. The van der Waals surface area contributed by atoms with E-state index in [0.29, 0.717) is 23.2 Å². The standard InChI is InChI=1S/C24H17F3N4O3/c25-24(26,27)19-9-16(20-4-1-15(13-32)11-29-20)7-17-8-18(34-23(17)19)12-31-22(33)6-3-14-2-5-21(28)30-10-14/h1-11,13H,12H2,(H2,28,30)(H,31,33)/b6-3+. The summed E-state index contributed by atoms with van der Waals surface area (Å²) in [5.41, 5.74) is 5.66. The number of hydrogen-bond donors (Lipinski definition) is 2. The Labute approximate surface area is 191 Å². The Morgan fingerprint density at radius 3 is 2.47 bits per heavy atom. The minimum Gasteiger partial charge on any atom is -0.459 e. The van der Waals surface area contributed by atoms with Gasteiger partial charge in [-0.15, -0.1) is 0 Å². The second kappa shape index (κ2) is 9.18. The van der Waals surface area contributed by atoms with E-state index >= 15 is 0 Å². The molecular weight excluding hydrogens is 449 g/mol. The van der Waals surface area contributed by atoms with Gasteiger partial charge in [0.25, 0.3) is 0 Å². The van der Waals surface area contributed by atoms with Crippen molar-refractivity contribution >= 4 is 35.1 Å². The number of nitrogens with zero attached hydrogens (tertiary/aromatic N) is 2. The van der Waals surface area contributed by atoms with Crippen LogP contribution in [0.3, 0.4) is 0 Å². The summed E-state index contributed by atoms with van der Waals surface area (Å²) >= 11 is 0. The van der Waals surface area contributed by atoms with Crippen LogP contribution in [0.25, 0.3) is 28.3 Å². The first-order valence-electron chi connectivity index (χ1n) is 9.95. The topological polar surface area (TPSA) is 111 Å². The minimum atomic E-state index is -4.68. The summed E-state index contributed by atoms with van der Waals surface area (Å²) in [6, 6.07) is 10.1. The van der Waals surface area contributed by atoms with Gasteiger partial charge in [-0.1, -0.05) is 0 Å². The van der Waals surface area contributed by atoms with E-state index in [9.17, 15) is 22.8 Å². The van der Waals surface area contributed by atoms with Crippen molar-refractivity contribution in [2.75, 3.05) is 5.73 Å². The number of aldehydes is 1. The number of alkyl halides is 3. The molecule has 0 saturated heterocycles. The fraction of sp³-hybridized carbons (Fsp3) is 0.0833. The van der Waals surface area contributed by atoms with E-state index < -0.39 is 17.6 Å². The van der Waals surface area contributed by atoms with Gasteiger partial charge in [-0.3, -0.25) is 14.6 Å². The Kier molecular flexibility index (Phi) is 6.13. The lowest BCUT2D eigenvalue weighted by Crippen LogP contribution is -2.19. The monoisotopic (exact) mass is 466 g/mol. The van der Waals surface area contributed by atoms with E-state index in [2.05, 4.69) is 15.3 Å². The molecule has 0 aliphatic rings. The number of furan rings is 1. The predicted octanol–water partition coefficient (Wildman–Crippen LogP) is 4.63. The Bertz CT molecular complexity index is 1380. The van der Waals surface area contributed by atoms with Crippen molar-refractivity contribution in [2.45, 2.75) is 12.7 Å². The third kappa shape index (κ3) is 5.12. The maximum atomic E-state index is 13.7. The molecule has 0 saturated carbocycles. The Morgan fingerprint density at radius 1 is 1.06 bits per heavy atom. The molecule has 1 amide bonds. The van der Waals surface area contributed by atoms with Crippen LogP contribution in [0.5, 0.6) is 0 Å². The molecule has 1 aromatic carbocycles. The van der Waals surface area contributed by atoms with Crippen molar-refractivity contribution in [3.63, 3.8) is 0 Å². The average molecular weight is 466 g/mol. The van der Waals surface area contributed by atoms with Gasteiger partial charge in [-0.25, -0.2) is 4.98 Å². The van der Waals surface area contributed by atoms with E-state index in [1.54, 1.807) is 12.1 Å². The molecule has 7 nitrogen and oxygen atoms in total. The molecule has 3 heterocycles. The van der Waals surface area contributed by atoms with Crippen LogP contribution in [-0.4, -0.2) is 22.2 Å². The van der Waals surface area contributed by atoms with Crippen molar-refractivity contribution in [3.05, 3.63) is 83.4 Å². The maximum Gasteiger partial charge on any atom is 0.420 e. The molecule has 0 radical (unpaired) electrons. The molecule has 0 bridgehead atoms. The van der Waals surface area contributed by atoms with Gasteiger partial charge >= 0.3 is 6.18 Å². The molecule has 4 aromatic rings. The molecule has 0 atom stereocenters. The van der Waals surface area contributed by atoms with Crippen LogP contribution in [-0.2, 0) is 17.5 Å². The Morgan fingerprint density at radius 2 is 1.82 bits per heavy atom. The first-order chi connectivity index (χ1) is 16.2. The van der Waals surface area contributed by atoms with Crippen molar-refractivity contribution in [2.24, 2.45) is 0 Å².